The van der Waals surface area contributed by atoms with Crippen LogP contribution < -0.4 is 16.7 Å². The van der Waals surface area contributed by atoms with Gasteiger partial charge >= 0.3 is 17.3 Å². The lowest BCUT2D eigenvalue weighted by Crippen LogP contribution is -2.31. The first kappa shape index (κ1) is 19.7. The maximum absolute atomic E-state index is 13.0. The molecule has 1 saturated carbocycles. The molecule has 0 saturated heterocycles. The Kier molecular flexibility index (Phi) is 5.71. The van der Waals surface area contributed by atoms with E-state index in [1.165, 1.54) is 20.4 Å². The number of carbonyl (C=O) groups is 1. The van der Waals surface area contributed by atoms with Gasteiger partial charge in [-0.05, 0) is 87.2 Å². The number of benzene rings is 1. The van der Waals surface area contributed by atoms with Gasteiger partial charge in [0.1, 0.15) is 0 Å². The second-order valence-corrected chi connectivity index (χ2v) is 8.21. The van der Waals surface area contributed by atoms with Crippen LogP contribution in [0.2, 0.25) is 0 Å². The normalized spacial score (nSPS) is 22.1. The summed E-state index contributed by atoms with van der Waals surface area (Å²) in [5.74, 6) is -0.383. The Bertz CT molecular complexity index is 995. The molecular weight excluding hydrogens is 372 g/mol. The van der Waals surface area contributed by atoms with Crippen molar-refractivity contribution in [2.75, 3.05) is 13.1 Å². The van der Waals surface area contributed by atoms with Gasteiger partial charge in [0.05, 0.1) is 11.7 Å². The molecule has 1 aliphatic carbocycles. The van der Waals surface area contributed by atoms with Crippen LogP contribution in [0.15, 0.2) is 27.8 Å². The van der Waals surface area contributed by atoms with Crippen molar-refractivity contribution in [1.29, 1.82) is 0 Å². The largest absolute Gasteiger partial charge is 0.481 e. The Morgan fingerprint density at radius 2 is 1.79 bits per heavy atom. The summed E-state index contributed by atoms with van der Waals surface area (Å²) in [5, 5.41) is 15.0. The molecule has 4 rings (SSSR count). The van der Waals surface area contributed by atoms with Crippen molar-refractivity contribution < 1.29 is 9.90 Å². The van der Waals surface area contributed by atoms with E-state index in [1.54, 1.807) is 0 Å². The molecule has 1 aliphatic heterocycles. The lowest BCUT2D eigenvalue weighted by Gasteiger charge is -2.28. The third-order valence-electron chi connectivity index (χ3n) is 6.35. The Morgan fingerprint density at radius 1 is 1.07 bits per heavy atom. The van der Waals surface area contributed by atoms with Gasteiger partial charge in [-0.1, -0.05) is 6.07 Å². The zero-order valence-corrected chi connectivity index (χ0v) is 16.5. The lowest BCUT2D eigenvalue weighted by atomic mass is 9.83. The Hall–Kier alpha value is -2.61. The van der Waals surface area contributed by atoms with E-state index in [0.29, 0.717) is 18.0 Å². The molecule has 2 heterocycles. The molecule has 0 radical (unpaired) electrons. The second kappa shape index (κ2) is 8.41. The molecule has 0 atom stereocenters. The molecule has 0 bridgehead atoms. The number of H-pyrrole nitrogens is 1. The highest BCUT2D eigenvalue weighted by atomic mass is 16.4. The summed E-state index contributed by atoms with van der Waals surface area (Å²) in [6.45, 7) is 1.84. The van der Waals surface area contributed by atoms with Crippen LogP contribution in [0, 0.1) is 5.92 Å². The molecule has 8 heteroatoms. The fourth-order valence-electron chi connectivity index (χ4n) is 4.69. The number of carboxylic acids is 1. The highest BCUT2D eigenvalue weighted by molar-refractivity contribution is 5.66. The molecule has 1 aromatic carbocycles. The van der Waals surface area contributed by atoms with Crippen LogP contribution in [0.5, 0.6) is 0 Å². The standard InChI is InChI=1S/C21H28N4O4/c26-19(27)8-3-14-1-5-17(6-2-14)25-21(29)24(20(28)23-25)18-7-4-15-9-11-22-12-10-16(15)13-18/h4,7,13-14,17,22H,1-3,5-6,8-12H2,(H,23,28)(H,26,27). The van der Waals surface area contributed by atoms with Crippen molar-refractivity contribution in [3.63, 3.8) is 0 Å². The van der Waals surface area contributed by atoms with E-state index in [9.17, 15) is 14.4 Å². The maximum atomic E-state index is 13.0. The van der Waals surface area contributed by atoms with Crippen LogP contribution in [-0.2, 0) is 17.6 Å². The van der Waals surface area contributed by atoms with E-state index in [1.807, 2.05) is 18.2 Å². The highest BCUT2D eigenvalue weighted by Crippen LogP contribution is 2.33. The molecule has 2 aromatic rings. The quantitative estimate of drug-likeness (QED) is 0.707. The fourth-order valence-corrected chi connectivity index (χ4v) is 4.69. The first-order valence-corrected chi connectivity index (χ1v) is 10.5. The number of hydrogen-bond acceptors (Lipinski definition) is 4. The first-order chi connectivity index (χ1) is 14.0. The van der Waals surface area contributed by atoms with Crippen LogP contribution >= 0.6 is 0 Å². The number of carboxylic acid groups (broad SMARTS) is 1. The number of aromatic amines is 1. The third kappa shape index (κ3) is 4.22. The number of aromatic nitrogens is 3. The third-order valence-corrected chi connectivity index (χ3v) is 6.35. The summed E-state index contributed by atoms with van der Waals surface area (Å²) in [4.78, 5) is 36.4. The van der Waals surface area contributed by atoms with Gasteiger partial charge in [-0.15, -0.1) is 0 Å². The number of aliphatic carboxylic acids is 1. The molecule has 1 aromatic heterocycles. The predicted molar refractivity (Wildman–Crippen MR) is 109 cm³/mol. The number of nitrogens with one attached hydrogen (secondary N) is 2. The minimum Gasteiger partial charge on any atom is -0.481 e. The molecule has 0 unspecified atom stereocenters. The molecule has 0 amide bonds. The Morgan fingerprint density at radius 3 is 2.52 bits per heavy atom. The smallest absolute Gasteiger partial charge is 0.351 e. The minimum atomic E-state index is -0.763. The monoisotopic (exact) mass is 400 g/mol. The van der Waals surface area contributed by atoms with Crippen LogP contribution in [0.4, 0.5) is 0 Å². The van der Waals surface area contributed by atoms with Gasteiger partial charge in [0.25, 0.3) is 0 Å². The van der Waals surface area contributed by atoms with E-state index in [4.69, 9.17) is 5.11 Å². The van der Waals surface area contributed by atoms with Crippen molar-refractivity contribution in [3.05, 3.63) is 50.3 Å². The van der Waals surface area contributed by atoms with Crippen molar-refractivity contribution in [1.82, 2.24) is 19.7 Å². The van der Waals surface area contributed by atoms with Crippen LogP contribution in [0.25, 0.3) is 5.69 Å². The van der Waals surface area contributed by atoms with Crippen LogP contribution in [-0.4, -0.2) is 38.5 Å². The second-order valence-electron chi connectivity index (χ2n) is 8.21. The molecule has 1 fully saturated rings. The average molecular weight is 400 g/mol. The molecule has 2 aliphatic rings. The Balaban J connectivity index is 1.54. The summed E-state index contributed by atoms with van der Waals surface area (Å²) in [6, 6.07) is 5.80. The zero-order valence-electron chi connectivity index (χ0n) is 16.5. The number of nitrogens with zero attached hydrogens (tertiary/aromatic N) is 2. The first-order valence-electron chi connectivity index (χ1n) is 10.5. The molecule has 156 valence electrons. The summed E-state index contributed by atoms with van der Waals surface area (Å²) in [7, 11) is 0. The molecule has 29 heavy (non-hydrogen) atoms. The number of rotatable bonds is 5. The van der Waals surface area contributed by atoms with Gasteiger partial charge in [0, 0.05) is 6.42 Å². The van der Waals surface area contributed by atoms with E-state index in [-0.39, 0.29) is 18.2 Å². The van der Waals surface area contributed by atoms with Crippen molar-refractivity contribution in [2.24, 2.45) is 5.92 Å². The molecule has 3 N–H and O–H groups in total. The molecular formula is C21H28N4O4. The van der Waals surface area contributed by atoms with Gasteiger partial charge in [-0.3, -0.25) is 4.79 Å². The topological polar surface area (TPSA) is 109 Å². The van der Waals surface area contributed by atoms with E-state index in [2.05, 4.69) is 10.4 Å². The summed E-state index contributed by atoms with van der Waals surface area (Å²) < 4.78 is 2.71. The SMILES string of the molecule is O=C(O)CCC1CCC(n2[nH]c(=O)n(-c3ccc4c(c3)CCNCC4)c2=O)CC1. The fraction of sp³-hybridized carbons (Fsp3) is 0.571. The van der Waals surface area contributed by atoms with Gasteiger partial charge in [0.2, 0.25) is 0 Å². The van der Waals surface area contributed by atoms with Gasteiger partial charge in [-0.2, -0.15) is 0 Å². The summed E-state index contributed by atoms with van der Waals surface area (Å²) in [6.07, 6.45) is 6.02. The lowest BCUT2D eigenvalue weighted by molar-refractivity contribution is -0.137. The average Bonchev–Trinajstić information content (AvgIpc) is 2.87. The molecule has 8 nitrogen and oxygen atoms in total. The van der Waals surface area contributed by atoms with Gasteiger partial charge in [-0.25, -0.2) is 23.9 Å². The van der Waals surface area contributed by atoms with Crippen LogP contribution in [0.3, 0.4) is 0 Å². The molecule has 0 spiro atoms. The highest BCUT2D eigenvalue weighted by Gasteiger charge is 2.26. The number of fused-ring (bicyclic) bond motifs is 1. The van der Waals surface area contributed by atoms with E-state index >= 15 is 0 Å². The summed E-state index contributed by atoms with van der Waals surface area (Å²) >= 11 is 0. The van der Waals surface area contributed by atoms with Crippen molar-refractivity contribution >= 4 is 5.97 Å². The maximum Gasteiger partial charge on any atom is 0.351 e. The Labute approximate surface area is 168 Å². The van der Waals surface area contributed by atoms with Gasteiger partial charge in [0.15, 0.2) is 0 Å². The summed E-state index contributed by atoms with van der Waals surface area (Å²) in [5.41, 5.74) is 2.34. The van der Waals surface area contributed by atoms with E-state index < -0.39 is 11.7 Å². The van der Waals surface area contributed by atoms with Gasteiger partial charge < -0.3 is 10.4 Å². The van der Waals surface area contributed by atoms with Crippen molar-refractivity contribution in [2.45, 2.75) is 57.4 Å². The zero-order chi connectivity index (χ0) is 20.4. The van der Waals surface area contributed by atoms with Crippen molar-refractivity contribution in [3.8, 4) is 5.69 Å². The minimum absolute atomic E-state index is 0.0393. The van der Waals surface area contributed by atoms with Crippen LogP contribution in [0.1, 0.15) is 55.7 Å². The number of hydrogen-bond donors (Lipinski definition) is 3. The van der Waals surface area contributed by atoms with E-state index in [0.717, 1.165) is 51.6 Å². The predicted octanol–water partition coefficient (Wildman–Crippen LogP) is 1.61.